The van der Waals surface area contributed by atoms with E-state index in [0.717, 1.165) is 44.9 Å². The number of carbonyl (C=O) groups excluding carboxylic acids is 2. The molecule has 0 saturated heterocycles. The van der Waals surface area contributed by atoms with Gasteiger partial charge < -0.3 is 20.3 Å². The Morgan fingerprint density at radius 2 is 0.792 bits per heavy atom. The summed E-state index contributed by atoms with van der Waals surface area (Å²) >= 11 is 0. The molecule has 0 spiro atoms. The SMILES string of the molecule is CCCCCCCCCCCCCCC(CC(=O)NC(CO)C(O)CCCCCCCCCCCCCC)OC(=O)CCCCCCCCCCCC. The Morgan fingerprint density at radius 1 is 0.472 bits per heavy atom. The lowest BCUT2D eigenvalue weighted by Gasteiger charge is -2.24. The van der Waals surface area contributed by atoms with Crippen LogP contribution in [0.2, 0.25) is 0 Å². The van der Waals surface area contributed by atoms with E-state index in [4.69, 9.17) is 4.74 Å². The maximum atomic E-state index is 13.1. The molecular weight excluding hydrogens is 659 g/mol. The molecule has 6 heteroatoms. The van der Waals surface area contributed by atoms with Crippen molar-refractivity contribution in [3.63, 3.8) is 0 Å². The Morgan fingerprint density at radius 3 is 1.15 bits per heavy atom. The van der Waals surface area contributed by atoms with Crippen molar-refractivity contribution in [3.8, 4) is 0 Å². The molecule has 3 atom stereocenters. The van der Waals surface area contributed by atoms with E-state index in [-0.39, 0.29) is 24.9 Å². The second-order valence-corrected chi connectivity index (χ2v) is 16.5. The fourth-order valence-electron chi connectivity index (χ4n) is 7.55. The van der Waals surface area contributed by atoms with Gasteiger partial charge in [-0.25, -0.2) is 0 Å². The lowest BCUT2D eigenvalue weighted by Crippen LogP contribution is -2.46. The molecule has 0 aromatic heterocycles. The van der Waals surface area contributed by atoms with Crippen molar-refractivity contribution >= 4 is 11.9 Å². The van der Waals surface area contributed by atoms with Crippen LogP contribution in [0.25, 0.3) is 0 Å². The first-order valence-electron chi connectivity index (χ1n) is 23.8. The summed E-state index contributed by atoms with van der Waals surface area (Å²) in [5, 5.41) is 23.7. The second-order valence-electron chi connectivity index (χ2n) is 16.5. The molecule has 0 saturated carbocycles. The summed E-state index contributed by atoms with van der Waals surface area (Å²) in [5.41, 5.74) is 0. The second kappa shape index (κ2) is 42.0. The Kier molecular flexibility index (Phi) is 41.1. The molecule has 0 aliphatic heterocycles. The molecule has 3 unspecified atom stereocenters. The minimum atomic E-state index is -0.777. The smallest absolute Gasteiger partial charge is 0.306 e. The zero-order chi connectivity index (χ0) is 38.9. The van der Waals surface area contributed by atoms with Crippen LogP contribution >= 0.6 is 0 Å². The molecule has 0 heterocycles. The average Bonchev–Trinajstić information content (AvgIpc) is 3.15. The van der Waals surface area contributed by atoms with E-state index in [1.165, 1.54) is 173 Å². The van der Waals surface area contributed by atoms with Gasteiger partial charge in [0.05, 0.1) is 25.2 Å². The summed E-state index contributed by atoms with van der Waals surface area (Å²) in [6.45, 7) is 6.48. The zero-order valence-electron chi connectivity index (χ0n) is 35.9. The maximum Gasteiger partial charge on any atom is 0.306 e. The van der Waals surface area contributed by atoms with Crippen molar-refractivity contribution in [3.05, 3.63) is 0 Å². The van der Waals surface area contributed by atoms with Crippen molar-refractivity contribution in [2.45, 2.75) is 283 Å². The first kappa shape index (κ1) is 51.9. The molecule has 6 nitrogen and oxygen atoms in total. The lowest BCUT2D eigenvalue weighted by atomic mass is 10.0. The van der Waals surface area contributed by atoms with Crippen LogP contribution in [0.3, 0.4) is 0 Å². The highest BCUT2D eigenvalue weighted by Gasteiger charge is 2.24. The average molecular weight is 752 g/mol. The third-order valence-electron chi connectivity index (χ3n) is 11.2. The van der Waals surface area contributed by atoms with Crippen LogP contribution in [-0.2, 0) is 14.3 Å². The van der Waals surface area contributed by atoms with Crippen LogP contribution in [0.1, 0.15) is 265 Å². The van der Waals surface area contributed by atoms with Gasteiger partial charge in [0.2, 0.25) is 5.91 Å². The quantitative estimate of drug-likeness (QED) is 0.0426. The first-order valence-corrected chi connectivity index (χ1v) is 23.8. The number of ether oxygens (including phenoxy) is 1. The normalized spacial score (nSPS) is 13.2. The largest absolute Gasteiger partial charge is 0.462 e. The molecule has 0 aromatic rings. The van der Waals surface area contributed by atoms with Gasteiger partial charge in [-0.2, -0.15) is 0 Å². The number of amides is 1. The summed E-state index contributed by atoms with van der Waals surface area (Å²) in [5.74, 6) is -0.458. The van der Waals surface area contributed by atoms with Gasteiger partial charge in [0, 0.05) is 6.42 Å². The number of rotatable bonds is 43. The van der Waals surface area contributed by atoms with Crippen molar-refractivity contribution in [2.75, 3.05) is 6.61 Å². The van der Waals surface area contributed by atoms with E-state index < -0.39 is 18.2 Å². The number of hydrogen-bond acceptors (Lipinski definition) is 5. The highest BCUT2D eigenvalue weighted by Crippen LogP contribution is 2.18. The fourth-order valence-corrected chi connectivity index (χ4v) is 7.55. The Labute approximate surface area is 330 Å². The van der Waals surface area contributed by atoms with Crippen LogP contribution in [0.15, 0.2) is 0 Å². The Hall–Kier alpha value is -1.14. The van der Waals surface area contributed by atoms with Gasteiger partial charge >= 0.3 is 5.97 Å². The van der Waals surface area contributed by atoms with Crippen LogP contribution < -0.4 is 5.32 Å². The molecule has 3 N–H and O–H groups in total. The van der Waals surface area contributed by atoms with Gasteiger partial charge in [0.15, 0.2) is 0 Å². The predicted octanol–water partition coefficient (Wildman–Crippen LogP) is 13.6. The summed E-state index contributed by atoms with van der Waals surface area (Å²) in [6.07, 6.45) is 43.0. The predicted molar refractivity (Wildman–Crippen MR) is 227 cm³/mol. The van der Waals surface area contributed by atoms with E-state index in [1.54, 1.807) is 0 Å². The summed E-state index contributed by atoms with van der Waals surface area (Å²) < 4.78 is 5.90. The van der Waals surface area contributed by atoms with Crippen molar-refractivity contribution < 1.29 is 24.5 Å². The number of unbranched alkanes of at least 4 members (excludes halogenated alkanes) is 31. The van der Waals surface area contributed by atoms with Gasteiger partial charge in [-0.15, -0.1) is 0 Å². The summed E-state index contributed by atoms with van der Waals surface area (Å²) in [7, 11) is 0. The number of aliphatic hydroxyl groups excluding tert-OH is 2. The zero-order valence-corrected chi connectivity index (χ0v) is 35.9. The fraction of sp³-hybridized carbons (Fsp3) is 0.957. The van der Waals surface area contributed by atoms with Crippen molar-refractivity contribution in [1.82, 2.24) is 5.32 Å². The molecule has 316 valence electrons. The van der Waals surface area contributed by atoms with E-state index in [0.29, 0.717) is 19.3 Å². The lowest BCUT2D eigenvalue weighted by molar-refractivity contribution is -0.151. The minimum Gasteiger partial charge on any atom is -0.462 e. The van der Waals surface area contributed by atoms with Crippen molar-refractivity contribution in [2.24, 2.45) is 0 Å². The van der Waals surface area contributed by atoms with Crippen LogP contribution in [0, 0.1) is 0 Å². The van der Waals surface area contributed by atoms with Crippen LogP contribution in [0.5, 0.6) is 0 Å². The molecule has 0 fully saturated rings. The number of esters is 1. The summed E-state index contributed by atoms with van der Waals surface area (Å²) in [4.78, 5) is 26.0. The van der Waals surface area contributed by atoms with E-state index >= 15 is 0 Å². The molecule has 0 aliphatic carbocycles. The third-order valence-corrected chi connectivity index (χ3v) is 11.2. The molecule has 53 heavy (non-hydrogen) atoms. The minimum absolute atomic E-state index is 0.0869. The van der Waals surface area contributed by atoms with Crippen LogP contribution in [0.4, 0.5) is 0 Å². The number of aliphatic hydroxyl groups is 2. The first-order chi connectivity index (χ1) is 26.0. The van der Waals surface area contributed by atoms with E-state index in [1.807, 2.05) is 0 Å². The standard InChI is InChI=1S/C47H93NO5/c1-4-7-10-13-16-19-22-24-26-29-32-35-38-43(53-47(52)40-37-34-31-28-21-18-15-12-9-6-3)41-46(51)48-44(42-49)45(50)39-36-33-30-27-25-23-20-17-14-11-8-5-2/h43-45,49-50H,4-42H2,1-3H3,(H,48,51). The molecular formula is C47H93NO5. The van der Waals surface area contributed by atoms with E-state index in [9.17, 15) is 19.8 Å². The van der Waals surface area contributed by atoms with Gasteiger partial charge in [0.1, 0.15) is 6.10 Å². The molecule has 0 bridgehead atoms. The van der Waals surface area contributed by atoms with Gasteiger partial charge in [0.25, 0.3) is 0 Å². The maximum absolute atomic E-state index is 13.1. The monoisotopic (exact) mass is 752 g/mol. The highest BCUT2D eigenvalue weighted by molar-refractivity contribution is 5.77. The van der Waals surface area contributed by atoms with Crippen LogP contribution in [-0.4, -0.2) is 46.9 Å². The molecule has 0 radical (unpaired) electrons. The van der Waals surface area contributed by atoms with Gasteiger partial charge in [-0.1, -0.05) is 226 Å². The molecule has 0 aromatic carbocycles. The molecule has 1 amide bonds. The third kappa shape index (κ3) is 37.6. The Bertz CT molecular complexity index is 761. The number of nitrogens with one attached hydrogen (secondary N) is 1. The van der Waals surface area contributed by atoms with Gasteiger partial charge in [-0.3, -0.25) is 9.59 Å². The molecule has 0 rings (SSSR count). The van der Waals surface area contributed by atoms with Gasteiger partial charge in [-0.05, 0) is 25.7 Å². The number of hydrogen-bond donors (Lipinski definition) is 3. The van der Waals surface area contributed by atoms with Crippen molar-refractivity contribution in [1.29, 1.82) is 0 Å². The topological polar surface area (TPSA) is 95.9 Å². The van der Waals surface area contributed by atoms with E-state index in [2.05, 4.69) is 26.1 Å². The number of carbonyl (C=O) groups is 2. The highest BCUT2D eigenvalue weighted by atomic mass is 16.5. The summed E-state index contributed by atoms with van der Waals surface area (Å²) in [6, 6.07) is -0.690. The molecule has 0 aliphatic rings. The Balaban J connectivity index is 4.52.